The van der Waals surface area contributed by atoms with Gasteiger partial charge in [0.05, 0.1) is 28.7 Å². The predicted molar refractivity (Wildman–Crippen MR) is 161 cm³/mol. The van der Waals surface area contributed by atoms with Crippen molar-refractivity contribution in [1.82, 2.24) is 25.8 Å². The van der Waals surface area contributed by atoms with E-state index in [2.05, 4.69) is 33.1 Å². The van der Waals surface area contributed by atoms with Crippen molar-refractivity contribution < 1.29 is 19.1 Å². The summed E-state index contributed by atoms with van der Waals surface area (Å²) in [6.45, 7) is 12.6. The second-order valence-electron chi connectivity index (χ2n) is 12.4. The number of piperidine rings is 1. The first-order valence-electron chi connectivity index (χ1n) is 14.7. The lowest BCUT2D eigenvalue weighted by Crippen LogP contribution is -2.58. The highest BCUT2D eigenvalue weighted by molar-refractivity contribution is 7.13. The molecule has 3 amide bonds. The van der Waals surface area contributed by atoms with Gasteiger partial charge in [0.1, 0.15) is 18.7 Å². The predicted octanol–water partition coefficient (Wildman–Crippen LogP) is 3.83. The van der Waals surface area contributed by atoms with Crippen molar-refractivity contribution in [2.75, 3.05) is 32.8 Å². The number of carbonyl (C=O) groups excluding carboxylic acids is 3. The maximum absolute atomic E-state index is 13.8. The lowest BCUT2D eigenvalue weighted by atomic mass is 9.85. The standard InChI is InChI=1S/C31H45N5O4S/c1-20(23-8-10-24(11-9-23)27-21(2)33-19-41-27)34-29(38)25-7-6-16-36(25)30(39)28(31(3,4)5)35-26(37)18-40-17-22-12-14-32-15-13-22/h8-11,19-20,22,25,28,32H,6-7,12-18H2,1-5H3,(H,34,38)(H,35,37)/t20-,25-,28+/m0/s1. The molecule has 2 fully saturated rings. The smallest absolute Gasteiger partial charge is 0.246 e. The Morgan fingerprint density at radius 2 is 1.83 bits per heavy atom. The zero-order valence-corrected chi connectivity index (χ0v) is 25.8. The zero-order valence-electron chi connectivity index (χ0n) is 25.0. The summed E-state index contributed by atoms with van der Waals surface area (Å²) in [6, 6.07) is 6.61. The summed E-state index contributed by atoms with van der Waals surface area (Å²) in [5, 5.41) is 9.35. The molecule has 0 radical (unpaired) electrons. The Bertz CT molecular complexity index is 1190. The van der Waals surface area contributed by atoms with Gasteiger partial charge in [-0.05, 0) is 75.1 Å². The molecule has 0 aliphatic carbocycles. The number of benzene rings is 1. The number of hydrogen-bond acceptors (Lipinski definition) is 7. The summed E-state index contributed by atoms with van der Waals surface area (Å²) in [4.78, 5) is 47.1. The second kappa shape index (κ2) is 13.9. The minimum atomic E-state index is -0.758. The third kappa shape index (κ3) is 8.14. The van der Waals surface area contributed by atoms with Crippen LogP contribution in [0.3, 0.4) is 0 Å². The lowest BCUT2D eigenvalue weighted by Gasteiger charge is -2.35. The molecular weight excluding hydrogens is 538 g/mol. The van der Waals surface area contributed by atoms with Gasteiger partial charge in [0.2, 0.25) is 17.7 Å². The number of aryl methyl sites for hydroxylation is 1. The molecule has 2 saturated heterocycles. The summed E-state index contributed by atoms with van der Waals surface area (Å²) in [5.74, 6) is -0.248. The number of ether oxygens (including phenoxy) is 1. The van der Waals surface area contributed by atoms with Crippen LogP contribution in [0.2, 0.25) is 0 Å². The molecule has 224 valence electrons. The molecule has 1 aromatic heterocycles. The van der Waals surface area contributed by atoms with Gasteiger partial charge in [-0.2, -0.15) is 0 Å². The van der Waals surface area contributed by atoms with Gasteiger partial charge in [-0.15, -0.1) is 11.3 Å². The van der Waals surface area contributed by atoms with Crippen molar-refractivity contribution in [3.63, 3.8) is 0 Å². The van der Waals surface area contributed by atoms with Crippen molar-refractivity contribution in [2.24, 2.45) is 11.3 Å². The monoisotopic (exact) mass is 583 g/mol. The first-order chi connectivity index (χ1) is 19.5. The Hall–Kier alpha value is -2.82. The highest BCUT2D eigenvalue weighted by Crippen LogP contribution is 2.29. The molecule has 0 saturated carbocycles. The zero-order chi connectivity index (χ0) is 29.6. The average molecular weight is 584 g/mol. The van der Waals surface area contributed by atoms with E-state index < -0.39 is 17.5 Å². The molecule has 9 nitrogen and oxygen atoms in total. The molecule has 3 N–H and O–H groups in total. The molecule has 0 spiro atoms. The van der Waals surface area contributed by atoms with Crippen molar-refractivity contribution in [3.05, 3.63) is 41.0 Å². The van der Waals surface area contributed by atoms with Crippen LogP contribution in [0.4, 0.5) is 0 Å². The first kappa shape index (κ1) is 31.1. The highest BCUT2D eigenvalue weighted by Gasteiger charge is 2.42. The van der Waals surface area contributed by atoms with Crippen LogP contribution in [0.25, 0.3) is 10.4 Å². The average Bonchev–Trinajstić information content (AvgIpc) is 3.61. The quantitative estimate of drug-likeness (QED) is 0.392. The number of hydrogen-bond donors (Lipinski definition) is 3. The van der Waals surface area contributed by atoms with E-state index in [1.807, 2.05) is 52.3 Å². The SMILES string of the molecule is Cc1ncsc1-c1ccc([C@H](C)NC(=O)[C@@H]2CCCN2C(=O)[C@@H](NC(=O)COCC2CCNCC2)C(C)(C)C)cc1. The topological polar surface area (TPSA) is 113 Å². The van der Waals surface area contributed by atoms with E-state index in [1.165, 1.54) is 0 Å². The molecule has 2 aliphatic rings. The molecular formula is C31H45N5O4S. The van der Waals surface area contributed by atoms with E-state index in [0.29, 0.717) is 25.5 Å². The van der Waals surface area contributed by atoms with Crippen LogP contribution in [-0.4, -0.2) is 72.5 Å². The Morgan fingerprint density at radius 3 is 2.46 bits per heavy atom. The Morgan fingerprint density at radius 1 is 1.12 bits per heavy atom. The maximum Gasteiger partial charge on any atom is 0.246 e. The van der Waals surface area contributed by atoms with Gasteiger partial charge in [0, 0.05) is 6.54 Å². The minimum absolute atomic E-state index is 0.0768. The van der Waals surface area contributed by atoms with Crippen molar-refractivity contribution in [2.45, 2.75) is 78.4 Å². The van der Waals surface area contributed by atoms with Gasteiger partial charge in [-0.3, -0.25) is 14.4 Å². The summed E-state index contributed by atoms with van der Waals surface area (Å²) in [7, 11) is 0. The van der Waals surface area contributed by atoms with E-state index >= 15 is 0 Å². The van der Waals surface area contributed by atoms with Gasteiger partial charge < -0.3 is 25.6 Å². The normalized spacial score (nSPS) is 19.5. The number of nitrogens with one attached hydrogen (secondary N) is 3. The van der Waals surface area contributed by atoms with Crippen LogP contribution in [0.15, 0.2) is 29.8 Å². The second-order valence-corrected chi connectivity index (χ2v) is 13.2. The Kier molecular flexibility index (Phi) is 10.5. The molecule has 10 heteroatoms. The van der Waals surface area contributed by atoms with E-state index in [1.54, 1.807) is 16.2 Å². The molecule has 1 aromatic carbocycles. The molecule has 0 unspecified atom stereocenters. The van der Waals surface area contributed by atoms with Crippen LogP contribution in [0, 0.1) is 18.3 Å². The molecule has 0 bridgehead atoms. The van der Waals surface area contributed by atoms with Crippen LogP contribution in [-0.2, 0) is 19.1 Å². The van der Waals surface area contributed by atoms with Crippen molar-refractivity contribution >= 4 is 29.1 Å². The molecule has 41 heavy (non-hydrogen) atoms. The summed E-state index contributed by atoms with van der Waals surface area (Å²) < 4.78 is 5.70. The fourth-order valence-electron chi connectivity index (χ4n) is 5.58. The van der Waals surface area contributed by atoms with Crippen molar-refractivity contribution in [3.8, 4) is 10.4 Å². The Balaban J connectivity index is 1.34. The number of likely N-dealkylation sites (tertiary alicyclic amines) is 1. The number of thiazole rings is 1. The molecule has 2 aromatic rings. The van der Waals surface area contributed by atoms with Crippen LogP contribution in [0.1, 0.15) is 70.7 Å². The largest absolute Gasteiger partial charge is 0.371 e. The number of nitrogens with zero attached hydrogens (tertiary/aromatic N) is 2. The van der Waals surface area contributed by atoms with Gasteiger partial charge in [0.25, 0.3) is 0 Å². The van der Waals surface area contributed by atoms with Crippen molar-refractivity contribution in [1.29, 1.82) is 0 Å². The third-order valence-corrected chi connectivity index (χ3v) is 9.06. The van der Waals surface area contributed by atoms with Gasteiger partial charge in [-0.1, -0.05) is 45.0 Å². The lowest BCUT2D eigenvalue weighted by molar-refractivity contribution is -0.144. The molecule has 4 rings (SSSR count). The minimum Gasteiger partial charge on any atom is -0.371 e. The highest BCUT2D eigenvalue weighted by atomic mass is 32.1. The molecule has 2 aliphatic heterocycles. The van der Waals surface area contributed by atoms with Gasteiger partial charge in [-0.25, -0.2) is 4.98 Å². The fraction of sp³-hybridized carbons (Fsp3) is 0.613. The van der Waals surface area contributed by atoms with E-state index in [0.717, 1.165) is 54.0 Å². The van der Waals surface area contributed by atoms with E-state index in [4.69, 9.17) is 4.74 Å². The summed E-state index contributed by atoms with van der Waals surface area (Å²) >= 11 is 1.61. The number of rotatable bonds is 10. The van der Waals surface area contributed by atoms with E-state index in [9.17, 15) is 14.4 Å². The summed E-state index contributed by atoms with van der Waals surface area (Å²) in [6.07, 6.45) is 3.42. The van der Waals surface area contributed by atoms with Gasteiger partial charge in [0.15, 0.2) is 0 Å². The van der Waals surface area contributed by atoms with Crippen LogP contribution >= 0.6 is 11.3 Å². The summed E-state index contributed by atoms with van der Waals surface area (Å²) in [5.41, 5.74) is 4.41. The molecule has 3 atom stereocenters. The van der Waals surface area contributed by atoms with Crippen LogP contribution < -0.4 is 16.0 Å². The number of amides is 3. The number of carbonyl (C=O) groups is 3. The van der Waals surface area contributed by atoms with E-state index in [-0.39, 0.29) is 30.4 Å². The maximum atomic E-state index is 13.8. The molecule has 3 heterocycles. The third-order valence-electron chi connectivity index (χ3n) is 8.08. The van der Waals surface area contributed by atoms with Gasteiger partial charge >= 0.3 is 0 Å². The fourth-order valence-corrected chi connectivity index (χ4v) is 6.39. The Labute approximate surface area is 247 Å². The number of aromatic nitrogens is 1. The van der Waals surface area contributed by atoms with Crippen LogP contribution in [0.5, 0.6) is 0 Å². The first-order valence-corrected chi connectivity index (χ1v) is 15.6.